The Morgan fingerprint density at radius 3 is 2.35 bits per heavy atom. The first-order valence-electron chi connectivity index (χ1n) is 5.59. The van der Waals surface area contributed by atoms with Crippen LogP contribution in [0.1, 0.15) is 47.7 Å². The molecule has 0 bridgehead atoms. The van der Waals surface area contributed by atoms with Crippen molar-refractivity contribution in [3.8, 4) is 0 Å². The largest absolute Gasteiger partial charge is 0.475 e. The van der Waals surface area contributed by atoms with Gasteiger partial charge in [-0.25, -0.2) is 4.79 Å². The molecule has 94 valence electrons. The van der Waals surface area contributed by atoms with Gasteiger partial charge < -0.3 is 14.5 Å². The summed E-state index contributed by atoms with van der Waals surface area (Å²) < 4.78 is 4.56. The maximum atomic E-state index is 12.0. The highest BCUT2D eigenvalue weighted by Crippen LogP contribution is 2.08. The maximum absolute atomic E-state index is 12.0. The molecule has 0 aromatic carbocycles. The Hall–Kier alpha value is -1.85. The molecule has 0 saturated heterocycles. The molecule has 17 heavy (non-hydrogen) atoms. The second-order valence-electron chi connectivity index (χ2n) is 3.67. The van der Waals surface area contributed by atoms with Gasteiger partial charge in [0.2, 0.25) is 5.76 Å². The average Bonchev–Trinajstić information content (AvgIpc) is 2.77. The first-order chi connectivity index (χ1) is 8.10. The van der Waals surface area contributed by atoms with E-state index in [1.54, 1.807) is 4.90 Å². The van der Waals surface area contributed by atoms with E-state index in [1.165, 1.54) is 0 Å². The second-order valence-corrected chi connectivity index (χ2v) is 3.67. The fraction of sp³-hybridized carbons (Fsp3) is 0.545. The lowest BCUT2D eigenvalue weighted by molar-refractivity contribution is 0.0648. The third-order valence-corrected chi connectivity index (χ3v) is 2.21. The van der Waals surface area contributed by atoms with Crippen LogP contribution < -0.4 is 0 Å². The number of rotatable bonds is 6. The summed E-state index contributed by atoms with van der Waals surface area (Å²) in [4.78, 5) is 24.2. The summed E-state index contributed by atoms with van der Waals surface area (Å²) in [6.45, 7) is 5.20. The van der Waals surface area contributed by atoms with Gasteiger partial charge in [0.25, 0.3) is 5.91 Å². The summed E-state index contributed by atoms with van der Waals surface area (Å²) in [6.07, 6.45) is 1.69. The molecule has 1 aromatic heterocycles. The average molecular weight is 240 g/mol. The molecule has 1 N–H and O–H groups in total. The van der Waals surface area contributed by atoms with Crippen LogP contribution in [0, 0.1) is 0 Å². The minimum absolute atomic E-state index is 0.0456. The van der Waals surface area contributed by atoms with E-state index in [0.29, 0.717) is 13.1 Å². The van der Waals surface area contributed by atoms with Gasteiger partial charge in [-0.2, -0.15) is 0 Å². The highest BCUT2D eigenvalue weighted by molar-refractivity contribution is 5.94. The first kappa shape index (κ1) is 13.2. The zero-order chi connectivity index (χ0) is 12.8. The van der Waals surface area contributed by atoms with Crippen molar-refractivity contribution in [2.75, 3.05) is 13.1 Å². The predicted octanol–water partition coefficient (Wildman–Crippen LogP) is 1.64. The summed E-state index contributed by atoms with van der Waals surface area (Å²) in [6, 6.07) is 1.16. The molecular formula is C11H16N2O4. The van der Waals surface area contributed by atoms with Gasteiger partial charge in [0.1, 0.15) is 0 Å². The highest BCUT2D eigenvalue weighted by Gasteiger charge is 2.20. The van der Waals surface area contributed by atoms with Gasteiger partial charge >= 0.3 is 5.97 Å². The lowest BCUT2D eigenvalue weighted by atomic mass is 10.3. The number of amides is 1. The number of nitrogens with zero attached hydrogens (tertiary/aromatic N) is 2. The zero-order valence-electron chi connectivity index (χ0n) is 9.97. The van der Waals surface area contributed by atoms with Crippen molar-refractivity contribution in [2.24, 2.45) is 0 Å². The molecule has 0 fully saturated rings. The Morgan fingerprint density at radius 1 is 1.35 bits per heavy atom. The lowest BCUT2D eigenvalue weighted by Crippen LogP contribution is -2.32. The van der Waals surface area contributed by atoms with Crippen molar-refractivity contribution in [3.05, 3.63) is 17.5 Å². The van der Waals surface area contributed by atoms with Crippen molar-refractivity contribution in [2.45, 2.75) is 26.7 Å². The van der Waals surface area contributed by atoms with Crippen LogP contribution in [-0.2, 0) is 0 Å². The normalized spacial score (nSPS) is 10.2. The number of hydrogen-bond acceptors (Lipinski definition) is 4. The van der Waals surface area contributed by atoms with Crippen molar-refractivity contribution < 1.29 is 19.2 Å². The zero-order valence-corrected chi connectivity index (χ0v) is 9.97. The van der Waals surface area contributed by atoms with E-state index < -0.39 is 5.97 Å². The molecule has 0 aliphatic carbocycles. The van der Waals surface area contributed by atoms with Gasteiger partial charge in [0, 0.05) is 19.2 Å². The summed E-state index contributed by atoms with van der Waals surface area (Å²) in [5.41, 5.74) is 0.0456. The fourth-order valence-electron chi connectivity index (χ4n) is 1.49. The van der Waals surface area contributed by atoms with Gasteiger partial charge in [-0.1, -0.05) is 19.0 Å². The number of hydrogen-bond donors (Lipinski definition) is 1. The van der Waals surface area contributed by atoms with Crippen molar-refractivity contribution >= 4 is 11.9 Å². The third kappa shape index (κ3) is 3.30. The highest BCUT2D eigenvalue weighted by atomic mass is 16.5. The number of aromatic carboxylic acids is 1. The van der Waals surface area contributed by atoms with Crippen LogP contribution in [-0.4, -0.2) is 40.1 Å². The van der Waals surface area contributed by atoms with Crippen molar-refractivity contribution in [3.63, 3.8) is 0 Å². The van der Waals surface area contributed by atoms with E-state index in [1.807, 2.05) is 13.8 Å². The maximum Gasteiger partial charge on any atom is 0.374 e. The quantitative estimate of drug-likeness (QED) is 0.817. The predicted molar refractivity (Wildman–Crippen MR) is 59.9 cm³/mol. The van der Waals surface area contributed by atoms with Crippen LogP contribution >= 0.6 is 0 Å². The molecule has 6 heteroatoms. The molecule has 0 unspecified atom stereocenters. The van der Waals surface area contributed by atoms with Gasteiger partial charge in [-0.05, 0) is 12.8 Å². The van der Waals surface area contributed by atoms with Crippen LogP contribution in [0.15, 0.2) is 10.6 Å². The van der Waals surface area contributed by atoms with Crippen molar-refractivity contribution in [1.82, 2.24) is 10.1 Å². The van der Waals surface area contributed by atoms with Gasteiger partial charge in [-0.15, -0.1) is 0 Å². The lowest BCUT2D eigenvalue weighted by Gasteiger charge is -2.19. The second kappa shape index (κ2) is 6.03. The van der Waals surface area contributed by atoms with Crippen LogP contribution in [0.5, 0.6) is 0 Å². The number of carbonyl (C=O) groups is 2. The van der Waals surface area contributed by atoms with E-state index >= 15 is 0 Å². The van der Waals surface area contributed by atoms with E-state index in [4.69, 9.17) is 5.11 Å². The van der Waals surface area contributed by atoms with Crippen LogP contribution in [0.3, 0.4) is 0 Å². The Balaban J connectivity index is 2.81. The molecule has 1 rings (SSSR count). The van der Waals surface area contributed by atoms with Gasteiger partial charge in [0.15, 0.2) is 5.69 Å². The van der Waals surface area contributed by atoms with Gasteiger partial charge in [-0.3, -0.25) is 4.79 Å². The van der Waals surface area contributed by atoms with E-state index in [9.17, 15) is 9.59 Å². The van der Waals surface area contributed by atoms with Crippen molar-refractivity contribution in [1.29, 1.82) is 0 Å². The summed E-state index contributed by atoms with van der Waals surface area (Å²) in [7, 11) is 0. The number of carboxylic acid groups (broad SMARTS) is 1. The molecule has 0 atom stereocenters. The molecule has 0 radical (unpaired) electrons. The summed E-state index contributed by atoms with van der Waals surface area (Å²) >= 11 is 0. The smallest absolute Gasteiger partial charge is 0.374 e. The monoisotopic (exact) mass is 240 g/mol. The Kier molecular flexibility index (Phi) is 4.68. The van der Waals surface area contributed by atoms with E-state index in [0.717, 1.165) is 18.9 Å². The molecule has 1 aromatic rings. The molecule has 6 nitrogen and oxygen atoms in total. The van der Waals surface area contributed by atoms with E-state index in [-0.39, 0.29) is 17.4 Å². The van der Waals surface area contributed by atoms with Crippen LogP contribution in [0.2, 0.25) is 0 Å². The summed E-state index contributed by atoms with van der Waals surface area (Å²) in [5, 5.41) is 12.1. The summed E-state index contributed by atoms with van der Waals surface area (Å²) in [5.74, 6) is -1.83. The standard InChI is InChI=1S/C11H16N2O4/c1-3-5-13(6-4-2)10(14)8-7-9(11(15)16)17-12-8/h7H,3-6H2,1-2H3,(H,15,16). The Labute approximate surface area is 99.2 Å². The Bertz CT molecular complexity index is 394. The molecule has 0 spiro atoms. The molecule has 0 saturated carbocycles. The van der Waals surface area contributed by atoms with Crippen LogP contribution in [0.25, 0.3) is 0 Å². The van der Waals surface area contributed by atoms with Crippen LogP contribution in [0.4, 0.5) is 0 Å². The minimum Gasteiger partial charge on any atom is -0.475 e. The molecular weight excluding hydrogens is 224 g/mol. The SMILES string of the molecule is CCCN(CCC)C(=O)c1cc(C(=O)O)on1. The molecule has 1 amide bonds. The first-order valence-corrected chi connectivity index (χ1v) is 5.59. The third-order valence-electron chi connectivity index (χ3n) is 2.21. The fourth-order valence-corrected chi connectivity index (χ4v) is 1.49. The number of carbonyl (C=O) groups excluding carboxylic acids is 1. The topological polar surface area (TPSA) is 83.6 Å². The Morgan fingerprint density at radius 2 is 1.94 bits per heavy atom. The number of aromatic nitrogens is 1. The van der Waals surface area contributed by atoms with Gasteiger partial charge in [0.05, 0.1) is 0 Å². The minimum atomic E-state index is -1.23. The number of carboxylic acids is 1. The molecule has 0 aliphatic heterocycles. The molecule has 1 heterocycles. The van der Waals surface area contributed by atoms with E-state index in [2.05, 4.69) is 9.68 Å². The molecule has 0 aliphatic rings.